The number of rotatable bonds is 8. The van der Waals surface area contributed by atoms with Gasteiger partial charge in [0.2, 0.25) is 0 Å². The predicted octanol–water partition coefficient (Wildman–Crippen LogP) is 17.5. The molecular formula is C65H47NO. The second-order valence-electron chi connectivity index (χ2n) is 18.5. The highest BCUT2D eigenvalue weighted by Crippen LogP contribution is 2.59. The Morgan fingerprint density at radius 3 is 1.64 bits per heavy atom. The van der Waals surface area contributed by atoms with Gasteiger partial charge < -0.3 is 9.32 Å². The SMILES string of the molecule is CC(C)C1c2ccccc2-c2ccc(N(c3ccc(-c4cccc5c4C(c4ccccc4)(c4ccccc4)c4ccccc4-5)cc3)c3ccc(-c4cccc5c4oc4ccccc45)cc3)cc21. The zero-order chi connectivity index (χ0) is 44.6. The van der Waals surface area contributed by atoms with Gasteiger partial charge in [0, 0.05) is 39.3 Å². The monoisotopic (exact) mass is 857 g/mol. The Bertz CT molecular complexity index is 3620. The van der Waals surface area contributed by atoms with E-state index in [2.05, 4.69) is 249 Å². The number of furan rings is 1. The van der Waals surface area contributed by atoms with Gasteiger partial charge in [0.1, 0.15) is 11.2 Å². The van der Waals surface area contributed by atoms with Crippen LogP contribution in [0.15, 0.2) is 241 Å². The first-order valence-electron chi connectivity index (χ1n) is 23.6. The molecule has 0 N–H and O–H groups in total. The zero-order valence-electron chi connectivity index (χ0n) is 37.5. The van der Waals surface area contributed by atoms with Gasteiger partial charge in [-0.25, -0.2) is 0 Å². The molecule has 0 bridgehead atoms. The Hall–Kier alpha value is -8.20. The van der Waals surface area contributed by atoms with Crippen molar-refractivity contribution in [1.82, 2.24) is 0 Å². The van der Waals surface area contributed by atoms with Crippen LogP contribution in [0, 0.1) is 5.92 Å². The minimum absolute atomic E-state index is 0.320. The summed E-state index contributed by atoms with van der Waals surface area (Å²) < 4.78 is 6.50. The van der Waals surface area contributed by atoms with Crippen molar-refractivity contribution < 1.29 is 4.42 Å². The van der Waals surface area contributed by atoms with Gasteiger partial charge in [0.05, 0.1) is 5.41 Å². The van der Waals surface area contributed by atoms with E-state index in [9.17, 15) is 0 Å². The van der Waals surface area contributed by atoms with Crippen molar-refractivity contribution in [2.75, 3.05) is 4.90 Å². The van der Waals surface area contributed by atoms with Crippen LogP contribution in [0.5, 0.6) is 0 Å². The smallest absolute Gasteiger partial charge is 0.143 e. The Morgan fingerprint density at radius 1 is 0.403 bits per heavy atom. The number of para-hydroxylation sites is 2. The highest BCUT2D eigenvalue weighted by Gasteiger charge is 2.47. The summed E-state index contributed by atoms with van der Waals surface area (Å²) in [5.74, 6) is 0.768. The molecule has 13 rings (SSSR count). The van der Waals surface area contributed by atoms with Crippen LogP contribution in [0.3, 0.4) is 0 Å². The summed E-state index contributed by atoms with van der Waals surface area (Å²) in [5.41, 5.74) is 22.5. The topological polar surface area (TPSA) is 16.4 Å². The molecule has 0 fully saturated rings. The van der Waals surface area contributed by atoms with Gasteiger partial charge in [-0.1, -0.05) is 208 Å². The molecule has 1 aromatic heterocycles. The molecule has 1 atom stereocenters. The second-order valence-corrected chi connectivity index (χ2v) is 18.5. The minimum Gasteiger partial charge on any atom is -0.455 e. The van der Waals surface area contributed by atoms with E-state index in [0.717, 1.165) is 50.1 Å². The van der Waals surface area contributed by atoms with Crippen molar-refractivity contribution in [3.63, 3.8) is 0 Å². The predicted molar refractivity (Wildman–Crippen MR) is 279 cm³/mol. The molecule has 0 saturated carbocycles. The summed E-state index contributed by atoms with van der Waals surface area (Å²) in [5, 5.41) is 2.27. The number of fused-ring (bicyclic) bond motifs is 9. The zero-order valence-corrected chi connectivity index (χ0v) is 37.5. The van der Waals surface area contributed by atoms with Crippen LogP contribution < -0.4 is 4.90 Å². The van der Waals surface area contributed by atoms with Gasteiger partial charge in [-0.2, -0.15) is 0 Å². The molecule has 0 amide bonds. The van der Waals surface area contributed by atoms with Gasteiger partial charge >= 0.3 is 0 Å². The molecule has 0 aliphatic heterocycles. The number of hydrogen-bond acceptors (Lipinski definition) is 2. The van der Waals surface area contributed by atoms with Gasteiger partial charge in [0.15, 0.2) is 0 Å². The molecule has 11 aromatic rings. The largest absolute Gasteiger partial charge is 0.455 e. The fourth-order valence-corrected chi connectivity index (χ4v) is 11.8. The molecule has 0 spiro atoms. The molecule has 2 nitrogen and oxygen atoms in total. The van der Waals surface area contributed by atoms with Crippen LogP contribution in [-0.2, 0) is 5.41 Å². The standard InChI is InChI=1S/C65H47NO/c1-42(2)62-56-24-10-9-21-52(56)53-40-39-49(41-59(53)62)66(48-37-33-44(34-38-48)51-26-16-28-58-55-23-12-14-30-61(55)67-64(51)58)47-35-31-43(32-36-47)50-25-15-27-57-54-22-11-13-29-60(54)65(63(50)57,45-17-5-3-6-18-45)46-19-7-4-8-20-46/h3-42,62H,1-2H3. The first kappa shape index (κ1) is 39.2. The summed E-state index contributed by atoms with van der Waals surface area (Å²) in [4.78, 5) is 2.43. The van der Waals surface area contributed by atoms with Crippen molar-refractivity contribution in [1.29, 1.82) is 0 Å². The number of hydrogen-bond donors (Lipinski definition) is 0. The second kappa shape index (κ2) is 15.5. The van der Waals surface area contributed by atoms with E-state index in [4.69, 9.17) is 4.42 Å². The van der Waals surface area contributed by atoms with Crippen LogP contribution in [0.25, 0.3) is 66.4 Å². The van der Waals surface area contributed by atoms with Crippen LogP contribution in [0.2, 0.25) is 0 Å². The molecule has 0 radical (unpaired) electrons. The summed E-state index contributed by atoms with van der Waals surface area (Å²) in [7, 11) is 0. The van der Waals surface area contributed by atoms with Crippen molar-refractivity contribution in [3.05, 3.63) is 270 Å². The highest BCUT2D eigenvalue weighted by molar-refractivity contribution is 6.09. The van der Waals surface area contributed by atoms with Crippen LogP contribution >= 0.6 is 0 Å². The van der Waals surface area contributed by atoms with Gasteiger partial charge in [0.25, 0.3) is 0 Å². The Balaban J connectivity index is 0.965. The molecule has 318 valence electrons. The summed E-state index contributed by atoms with van der Waals surface area (Å²) >= 11 is 0. The molecule has 1 heterocycles. The average Bonchev–Trinajstić information content (AvgIpc) is 4.04. The maximum absolute atomic E-state index is 6.50. The Morgan fingerprint density at radius 2 is 0.925 bits per heavy atom. The minimum atomic E-state index is -0.501. The lowest BCUT2D eigenvalue weighted by Gasteiger charge is -2.35. The molecule has 2 aliphatic rings. The summed E-state index contributed by atoms with van der Waals surface area (Å²) in [6.07, 6.45) is 0. The molecule has 1 unspecified atom stereocenters. The number of benzene rings is 10. The highest BCUT2D eigenvalue weighted by atomic mass is 16.3. The van der Waals surface area contributed by atoms with Crippen molar-refractivity contribution in [2.24, 2.45) is 5.92 Å². The van der Waals surface area contributed by atoms with Gasteiger partial charge in [-0.3, -0.25) is 0 Å². The maximum Gasteiger partial charge on any atom is 0.143 e. The maximum atomic E-state index is 6.50. The lowest BCUT2D eigenvalue weighted by Crippen LogP contribution is -2.29. The number of anilines is 3. The van der Waals surface area contributed by atoms with Crippen LogP contribution in [0.1, 0.15) is 53.1 Å². The van der Waals surface area contributed by atoms with Crippen molar-refractivity contribution in [3.8, 4) is 44.5 Å². The fraction of sp³-hybridized carbons (Fsp3) is 0.0769. The Kier molecular flexibility index (Phi) is 9.05. The fourth-order valence-electron chi connectivity index (χ4n) is 11.8. The van der Waals surface area contributed by atoms with E-state index in [1.54, 1.807) is 0 Å². The third kappa shape index (κ3) is 5.96. The molecule has 67 heavy (non-hydrogen) atoms. The normalized spacial score (nSPS) is 14.2. The molecular weight excluding hydrogens is 811 g/mol. The quantitative estimate of drug-likeness (QED) is 0.151. The van der Waals surface area contributed by atoms with Gasteiger partial charge in [-0.05, 0) is 121 Å². The van der Waals surface area contributed by atoms with Crippen LogP contribution in [-0.4, -0.2) is 0 Å². The first-order chi connectivity index (χ1) is 33.1. The van der Waals surface area contributed by atoms with Crippen LogP contribution in [0.4, 0.5) is 17.1 Å². The summed E-state index contributed by atoms with van der Waals surface area (Å²) in [6.45, 7) is 4.70. The lowest BCUT2D eigenvalue weighted by molar-refractivity contribution is 0.573. The first-order valence-corrected chi connectivity index (χ1v) is 23.6. The summed E-state index contributed by atoms with van der Waals surface area (Å²) in [6, 6.07) is 87.2. The number of nitrogens with zero attached hydrogens (tertiary/aromatic N) is 1. The van der Waals surface area contributed by atoms with E-state index in [1.165, 1.54) is 66.8 Å². The molecule has 2 aliphatic carbocycles. The average molecular weight is 858 g/mol. The third-order valence-electron chi connectivity index (χ3n) is 14.6. The molecule has 0 saturated heterocycles. The van der Waals surface area contributed by atoms with E-state index < -0.39 is 5.41 Å². The van der Waals surface area contributed by atoms with E-state index in [1.807, 2.05) is 6.07 Å². The van der Waals surface area contributed by atoms with E-state index in [-0.39, 0.29) is 0 Å². The lowest BCUT2D eigenvalue weighted by atomic mass is 9.66. The third-order valence-corrected chi connectivity index (χ3v) is 14.6. The molecule has 2 heteroatoms. The van der Waals surface area contributed by atoms with Crippen molar-refractivity contribution >= 4 is 39.0 Å². The Labute approximate surface area is 392 Å². The van der Waals surface area contributed by atoms with Gasteiger partial charge in [-0.15, -0.1) is 0 Å². The van der Waals surface area contributed by atoms with Crippen molar-refractivity contribution in [2.45, 2.75) is 25.2 Å². The molecule has 10 aromatic carbocycles. The van der Waals surface area contributed by atoms with E-state index >= 15 is 0 Å². The van der Waals surface area contributed by atoms with E-state index in [0.29, 0.717) is 11.8 Å².